The van der Waals surface area contributed by atoms with Gasteiger partial charge in [-0.05, 0) is 24.3 Å². The number of rotatable bonds is 6. The molecule has 0 bridgehead atoms. The molecule has 142 valence electrons. The van der Waals surface area contributed by atoms with Gasteiger partial charge in [-0.3, -0.25) is 4.79 Å². The third-order valence-electron chi connectivity index (χ3n) is 3.71. The number of amides is 1. The number of carbonyl (C=O) groups is 1. The number of aromatic nitrogens is 2. The van der Waals surface area contributed by atoms with Crippen molar-refractivity contribution >= 4 is 11.6 Å². The first-order valence-electron chi connectivity index (χ1n) is 7.93. The Kier molecular flexibility index (Phi) is 5.20. The van der Waals surface area contributed by atoms with E-state index in [-0.39, 0.29) is 19.1 Å². The smallest absolute Gasteiger partial charge is 0.417 e. The molecule has 6 nitrogen and oxygen atoms in total. The molecule has 0 atom stereocenters. The number of ether oxygens (including phenoxy) is 2. The van der Waals surface area contributed by atoms with E-state index in [4.69, 9.17) is 9.47 Å². The van der Waals surface area contributed by atoms with Crippen molar-refractivity contribution in [2.75, 3.05) is 13.7 Å². The summed E-state index contributed by atoms with van der Waals surface area (Å²) in [5.41, 5.74) is 0.0265. The van der Waals surface area contributed by atoms with Crippen LogP contribution >= 0.6 is 0 Å². The molecule has 1 N–H and O–H groups in total. The monoisotopic (exact) mass is 379 g/mol. The van der Waals surface area contributed by atoms with Crippen molar-refractivity contribution in [2.45, 2.75) is 12.7 Å². The lowest BCUT2D eigenvalue weighted by atomic mass is 10.3. The highest BCUT2D eigenvalue weighted by Gasteiger charge is 2.30. The van der Waals surface area contributed by atoms with E-state index in [0.717, 1.165) is 12.3 Å². The van der Waals surface area contributed by atoms with Crippen molar-refractivity contribution in [3.63, 3.8) is 0 Å². The van der Waals surface area contributed by atoms with Gasteiger partial charge in [0.15, 0.2) is 6.61 Å². The first-order valence-corrected chi connectivity index (χ1v) is 7.93. The van der Waals surface area contributed by atoms with Crippen LogP contribution < -0.4 is 14.8 Å². The van der Waals surface area contributed by atoms with Gasteiger partial charge in [0.1, 0.15) is 17.1 Å². The molecule has 0 saturated heterocycles. The first kappa shape index (κ1) is 18.6. The Labute approximate surface area is 152 Å². The zero-order valence-electron chi connectivity index (χ0n) is 14.3. The summed E-state index contributed by atoms with van der Waals surface area (Å²) in [7, 11) is 1.53. The number of pyridine rings is 1. The molecule has 0 spiro atoms. The topological polar surface area (TPSA) is 64.9 Å². The third kappa shape index (κ3) is 4.69. The van der Waals surface area contributed by atoms with Crippen LogP contribution in [0.5, 0.6) is 11.5 Å². The summed E-state index contributed by atoms with van der Waals surface area (Å²) in [4.78, 5) is 16.1. The highest BCUT2D eigenvalue weighted by molar-refractivity contribution is 5.77. The minimum absolute atomic E-state index is 0.0728. The first-order chi connectivity index (χ1) is 12.8. The van der Waals surface area contributed by atoms with E-state index in [9.17, 15) is 18.0 Å². The number of carbonyl (C=O) groups excluding carboxylic acids is 1. The van der Waals surface area contributed by atoms with Crippen LogP contribution in [-0.4, -0.2) is 29.0 Å². The highest BCUT2D eigenvalue weighted by atomic mass is 19.4. The van der Waals surface area contributed by atoms with Gasteiger partial charge in [-0.25, -0.2) is 4.98 Å². The Balaban J connectivity index is 1.56. The van der Waals surface area contributed by atoms with Gasteiger partial charge in [-0.2, -0.15) is 13.2 Å². The molecule has 0 aliphatic heterocycles. The second-order valence-electron chi connectivity index (χ2n) is 5.66. The summed E-state index contributed by atoms with van der Waals surface area (Å²) >= 11 is 0. The van der Waals surface area contributed by atoms with E-state index in [2.05, 4.69) is 10.3 Å². The SMILES string of the molecule is COc1cccc(OCC(=O)NCc2cn3cc(C(F)(F)F)ccc3n2)c1. The largest absolute Gasteiger partial charge is 0.497 e. The van der Waals surface area contributed by atoms with Crippen molar-refractivity contribution in [3.8, 4) is 11.5 Å². The van der Waals surface area contributed by atoms with Crippen LogP contribution in [-0.2, 0) is 17.5 Å². The molecular formula is C18H16F3N3O3. The summed E-state index contributed by atoms with van der Waals surface area (Å²) in [6.45, 7) is -0.137. The number of alkyl halides is 3. The van der Waals surface area contributed by atoms with E-state index in [1.165, 1.54) is 23.8 Å². The molecule has 0 unspecified atom stereocenters. The number of hydrogen-bond donors (Lipinski definition) is 1. The Hall–Kier alpha value is -3.23. The molecule has 0 radical (unpaired) electrons. The maximum Gasteiger partial charge on any atom is 0.417 e. The number of nitrogens with one attached hydrogen (secondary N) is 1. The zero-order chi connectivity index (χ0) is 19.4. The summed E-state index contributed by atoms with van der Waals surface area (Å²) in [5.74, 6) is 0.707. The number of halogens is 3. The molecular weight excluding hydrogens is 363 g/mol. The average Bonchev–Trinajstić information content (AvgIpc) is 3.06. The Morgan fingerprint density at radius 3 is 2.70 bits per heavy atom. The van der Waals surface area contributed by atoms with E-state index in [1.54, 1.807) is 24.3 Å². The van der Waals surface area contributed by atoms with Crippen molar-refractivity contribution in [1.82, 2.24) is 14.7 Å². The maximum atomic E-state index is 12.7. The molecule has 0 saturated carbocycles. The van der Waals surface area contributed by atoms with E-state index in [1.807, 2.05) is 0 Å². The van der Waals surface area contributed by atoms with E-state index in [0.29, 0.717) is 22.8 Å². The van der Waals surface area contributed by atoms with Crippen LogP contribution in [0.3, 0.4) is 0 Å². The van der Waals surface area contributed by atoms with Gasteiger partial charge in [-0.15, -0.1) is 0 Å². The van der Waals surface area contributed by atoms with Gasteiger partial charge in [0, 0.05) is 18.5 Å². The van der Waals surface area contributed by atoms with Gasteiger partial charge in [0.25, 0.3) is 5.91 Å². The molecule has 27 heavy (non-hydrogen) atoms. The minimum atomic E-state index is -4.43. The number of hydrogen-bond acceptors (Lipinski definition) is 4. The summed E-state index contributed by atoms with van der Waals surface area (Å²) < 4.78 is 49.9. The zero-order valence-corrected chi connectivity index (χ0v) is 14.3. The van der Waals surface area contributed by atoms with Gasteiger partial charge in [0.05, 0.1) is 24.9 Å². The predicted octanol–water partition coefficient (Wildman–Crippen LogP) is 3.06. The summed E-state index contributed by atoms with van der Waals surface area (Å²) in [6.07, 6.45) is -2.03. The molecule has 2 aromatic heterocycles. The fraction of sp³-hybridized carbons (Fsp3) is 0.222. The molecule has 3 rings (SSSR count). The fourth-order valence-electron chi connectivity index (χ4n) is 2.38. The maximum absolute atomic E-state index is 12.7. The van der Waals surface area contributed by atoms with Gasteiger partial charge in [0.2, 0.25) is 0 Å². The lowest BCUT2D eigenvalue weighted by molar-refractivity contribution is -0.137. The van der Waals surface area contributed by atoms with Crippen molar-refractivity contribution in [1.29, 1.82) is 0 Å². The molecule has 9 heteroatoms. The van der Waals surface area contributed by atoms with Crippen LogP contribution in [0.2, 0.25) is 0 Å². The number of methoxy groups -OCH3 is 1. The van der Waals surface area contributed by atoms with Crippen LogP contribution in [0.4, 0.5) is 13.2 Å². The third-order valence-corrected chi connectivity index (χ3v) is 3.71. The Morgan fingerprint density at radius 1 is 1.19 bits per heavy atom. The molecule has 0 fully saturated rings. The van der Waals surface area contributed by atoms with Crippen LogP contribution in [0.1, 0.15) is 11.3 Å². The van der Waals surface area contributed by atoms with Crippen molar-refractivity contribution in [2.24, 2.45) is 0 Å². The summed E-state index contributed by atoms with van der Waals surface area (Å²) in [5, 5.41) is 2.61. The summed E-state index contributed by atoms with van der Waals surface area (Å²) in [6, 6.07) is 9.06. The normalized spacial score (nSPS) is 11.4. The minimum Gasteiger partial charge on any atom is -0.497 e. The molecule has 3 aromatic rings. The Morgan fingerprint density at radius 2 is 1.96 bits per heavy atom. The molecule has 2 heterocycles. The Bertz CT molecular complexity index is 954. The van der Waals surface area contributed by atoms with Crippen LogP contribution in [0, 0.1) is 0 Å². The second kappa shape index (κ2) is 7.56. The van der Waals surface area contributed by atoms with Crippen LogP contribution in [0.25, 0.3) is 5.65 Å². The lowest BCUT2D eigenvalue weighted by Crippen LogP contribution is -2.28. The standard InChI is InChI=1S/C18H16F3N3O3/c1-26-14-3-2-4-15(7-14)27-11-17(25)22-8-13-10-24-9-12(18(19,20)21)5-6-16(24)23-13/h2-7,9-10H,8,11H2,1H3,(H,22,25). The quantitative estimate of drug-likeness (QED) is 0.715. The predicted molar refractivity (Wildman–Crippen MR) is 90.5 cm³/mol. The number of fused-ring (bicyclic) bond motifs is 1. The van der Waals surface area contributed by atoms with Gasteiger partial charge in [-0.1, -0.05) is 6.07 Å². The number of benzene rings is 1. The molecule has 1 amide bonds. The van der Waals surface area contributed by atoms with E-state index >= 15 is 0 Å². The van der Waals surface area contributed by atoms with Gasteiger partial charge < -0.3 is 19.2 Å². The molecule has 1 aromatic carbocycles. The van der Waals surface area contributed by atoms with Crippen LogP contribution in [0.15, 0.2) is 48.8 Å². The number of imidazole rings is 1. The number of nitrogens with zero attached hydrogens (tertiary/aromatic N) is 2. The fourth-order valence-corrected chi connectivity index (χ4v) is 2.38. The lowest BCUT2D eigenvalue weighted by Gasteiger charge is -2.07. The second-order valence-corrected chi connectivity index (χ2v) is 5.66. The highest BCUT2D eigenvalue weighted by Crippen LogP contribution is 2.29. The average molecular weight is 379 g/mol. The van der Waals surface area contributed by atoms with Crippen molar-refractivity contribution in [3.05, 3.63) is 60.0 Å². The van der Waals surface area contributed by atoms with E-state index < -0.39 is 11.7 Å². The van der Waals surface area contributed by atoms with Gasteiger partial charge >= 0.3 is 6.18 Å². The molecule has 0 aliphatic rings. The van der Waals surface area contributed by atoms with Crippen molar-refractivity contribution < 1.29 is 27.4 Å². The molecule has 0 aliphatic carbocycles.